The van der Waals surface area contributed by atoms with Crippen LogP contribution < -0.4 is 21.3 Å². The monoisotopic (exact) mass is 290 g/mol. The average Bonchev–Trinajstić information content (AvgIpc) is 2.89. The number of furan rings is 1. The third-order valence-electron chi connectivity index (χ3n) is 3.66. The van der Waals surface area contributed by atoms with E-state index < -0.39 is 0 Å². The van der Waals surface area contributed by atoms with E-state index in [4.69, 9.17) is 4.42 Å². The number of hydrogen-bond acceptors (Lipinski definition) is 4. The van der Waals surface area contributed by atoms with Crippen molar-refractivity contribution in [2.24, 2.45) is 0 Å². The molecular weight excluding hydrogens is 268 g/mol. The molecule has 1 aromatic heterocycles. The maximum absolute atomic E-state index is 11.7. The van der Waals surface area contributed by atoms with Crippen molar-refractivity contribution in [2.75, 3.05) is 5.32 Å². The van der Waals surface area contributed by atoms with Gasteiger partial charge in [-0.2, -0.15) is 0 Å². The molecule has 1 aliphatic carbocycles. The van der Waals surface area contributed by atoms with Crippen LogP contribution in [0.2, 0.25) is 0 Å². The summed E-state index contributed by atoms with van der Waals surface area (Å²) in [6.07, 6.45) is 6.62. The van der Waals surface area contributed by atoms with Crippen LogP contribution in [0.5, 0.6) is 0 Å². The van der Waals surface area contributed by atoms with Crippen LogP contribution in [0, 0.1) is 0 Å². The van der Waals surface area contributed by atoms with Gasteiger partial charge >= 0.3 is 0 Å². The van der Waals surface area contributed by atoms with Crippen molar-refractivity contribution in [1.29, 1.82) is 0 Å². The van der Waals surface area contributed by atoms with Gasteiger partial charge in [-0.05, 0) is 32.3 Å². The van der Waals surface area contributed by atoms with E-state index in [1.807, 2.05) is 13.8 Å². The predicted molar refractivity (Wildman–Crippen MR) is 81.9 cm³/mol. The average molecular weight is 290 g/mol. The normalized spacial score (nSPS) is 20.7. The molecule has 1 saturated heterocycles. The third-order valence-corrected chi connectivity index (χ3v) is 3.66. The van der Waals surface area contributed by atoms with Crippen molar-refractivity contribution in [3.05, 3.63) is 16.9 Å². The summed E-state index contributed by atoms with van der Waals surface area (Å²) in [5, 5.41) is 6.60. The van der Waals surface area contributed by atoms with E-state index in [9.17, 15) is 9.59 Å². The molecule has 21 heavy (non-hydrogen) atoms. The highest BCUT2D eigenvalue weighted by atomic mass is 16.3. The largest absolute Gasteiger partial charge is 0.462 e. The zero-order valence-corrected chi connectivity index (χ0v) is 12.8. The highest BCUT2D eigenvalue weighted by Gasteiger charge is 2.27. The molecule has 1 aliphatic heterocycles. The number of amides is 2. The van der Waals surface area contributed by atoms with Crippen molar-refractivity contribution >= 4 is 29.2 Å². The van der Waals surface area contributed by atoms with E-state index in [2.05, 4.69) is 23.6 Å². The van der Waals surface area contributed by atoms with Gasteiger partial charge in [0.05, 0.1) is 5.69 Å². The first-order valence-corrected chi connectivity index (χ1v) is 7.53. The molecule has 2 heterocycles. The van der Waals surface area contributed by atoms with E-state index in [-0.39, 0.29) is 17.9 Å². The first kappa shape index (κ1) is 15.4. The number of piperidine rings is 1. The Morgan fingerprint density at radius 3 is 2.76 bits per heavy atom. The fourth-order valence-electron chi connectivity index (χ4n) is 2.63. The van der Waals surface area contributed by atoms with Gasteiger partial charge in [0.25, 0.3) is 0 Å². The minimum atomic E-state index is -0.367. The van der Waals surface area contributed by atoms with Gasteiger partial charge in [-0.15, -0.1) is 0 Å². The maximum Gasteiger partial charge on any atom is 0.249 e. The fraction of sp³-hybridized carbons (Fsp3) is 0.500. The first-order chi connectivity index (χ1) is 10.1. The molecule has 1 fully saturated rings. The van der Waals surface area contributed by atoms with E-state index in [0.717, 1.165) is 29.2 Å². The van der Waals surface area contributed by atoms with Crippen LogP contribution in [0.4, 0.5) is 5.69 Å². The Kier molecular flexibility index (Phi) is 4.83. The maximum atomic E-state index is 11.7. The molecule has 0 bridgehead atoms. The lowest BCUT2D eigenvalue weighted by atomic mass is 10.0. The number of imide groups is 1. The SMILES string of the molecule is CC.CC1=c2c(NC3CCC(=O)NC3=O)coc2=CCC1. The standard InChI is InChI=1S/C14H16N2O3.C2H6/c1-8-3-2-4-11-13(8)10(7-19-11)15-9-5-6-12(17)16-14(9)18;1-2/h4,7,9,15H,2-3,5-6H2,1H3,(H,16,17,18);1-2H3. The van der Waals surface area contributed by atoms with Gasteiger partial charge in [0.15, 0.2) is 0 Å². The van der Waals surface area contributed by atoms with Crippen LogP contribution in [0.1, 0.15) is 46.5 Å². The highest BCUT2D eigenvalue weighted by Crippen LogP contribution is 2.14. The molecule has 5 heteroatoms. The predicted octanol–water partition coefficient (Wildman–Crippen LogP) is 1.27. The number of carbonyl (C=O) groups is 2. The summed E-state index contributed by atoms with van der Waals surface area (Å²) in [5.74, 6) is -0.461. The fourth-order valence-corrected chi connectivity index (χ4v) is 2.63. The Balaban J connectivity index is 0.000000774. The molecule has 1 atom stereocenters. The lowest BCUT2D eigenvalue weighted by Crippen LogP contribution is -2.48. The summed E-state index contributed by atoms with van der Waals surface area (Å²) in [5.41, 5.74) is 2.98. The van der Waals surface area contributed by atoms with Crippen molar-refractivity contribution in [3.8, 4) is 0 Å². The Morgan fingerprint density at radius 2 is 2.05 bits per heavy atom. The molecule has 3 rings (SSSR count). The molecule has 5 nitrogen and oxygen atoms in total. The molecule has 2 amide bonds. The summed E-state index contributed by atoms with van der Waals surface area (Å²) in [6.45, 7) is 6.08. The molecule has 0 spiro atoms. The molecule has 2 N–H and O–H groups in total. The van der Waals surface area contributed by atoms with Gasteiger partial charge in [-0.3, -0.25) is 14.9 Å². The third kappa shape index (κ3) is 3.17. The van der Waals surface area contributed by atoms with Crippen molar-refractivity contribution in [1.82, 2.24) is 5.32 Å². The van der Waals surface area contributed by atoms with Gasteiger partial charge < -0.3 is 9.73 Å². The number of rotatable bonds is 2. The van der Waals surface area contributed by atoms with Gasteiger partial charge in [0.2, 0.25) is 11.8 Å². The van der Waals surface area contributed by atoms with Crippen LogP contribution >= 0.6 is 0 Å². The first-order valence-electron chi connectivity index (χ1n) is 7.53. The molecule has 114 valence electrons. The zero-order valence-electron chi connectivity index (χ0n) is 12.8. The van der Waals surface area contributed by atoms with Gasteiger partial charge in [0, 0.05) is 11.6 Å². The van der Waals surface area contributed by atoms with E-state index in [1.165, 1.54) is 5.57 Å². The Hall–Kier alpha value is -2.04. The van der Waals surface area contributed by atoms with E-state index in [0.29, 0.717) is 12.8 Å². The lowest BCUT2D eigenvalue weighted by molar-refractivity contribution is -0.133. The molecule has 0 radical (unpaired) electrons. The van der Waals surface area contributed by atoms with E-state index >= 15 is 0 Å². The Bertz CT molecular complexity index is 658. The number of fused-ring (bicyclic) bond motifs is 1. The lowest BCUT2D eigenvalue weighted by Gasteiger charge is -2.22. The molecule has 0 saturated carbocycles. The van der Waals surface area contributed by atoms with Crippen LogP contribution in [0.25, 0.3) is 11.6 Å². The smallest absolute Gasteiger partial charge is 0.249 e. The quantitative estimate of drug-likeness (QED) is 0.805. The van der Waals surface area contributed by atoms with Crippen LogP contribution in [0.15, 0.2) is 10.7 Å². The van der Waals surface area contributed by atoms with Gasteiger partial charge in [-0.1, -0.05) is 19.4 Å². The summed E-state index contributed by atoms with van der Waals surface area (Å²) in [4.78, 5) is 22.9. The van der Waals surface area contributed by atoms with Crippen LogP contribution in [-0.4, -0.2) is 17.9 Å². The van der Waals surface area contributed by atoms with Crippen molar-refractivity contribution in [3.63, 3.8) is 0 Å². The number of hydrogen-bond donors (Lipinski definition) is 2. The Morgan fingerprint density at radius 1 is 1.29 bits per heavy atom. The summed E-state index contributed by atoms with van der Waals surface area (Å²) >= 11 is 0. The van der Waals surface area contributed by atoms with Crippen molar-refractivity contribution in [2.45, 2.75) is 52.5 Å². The molecular formula is C16H22N2O3. The number of carbonyl (C=O) groups excluding carboxylic acids is 2. The van der Waals surface area contributed by atoms with Crippen LogP contribution in [-0.2, 0) is 9.59 Å². The minimum absolute atomic E-state index is 0.201. The number of anilines is 1. The van der Waals surface area contributed by atoms with E-state index in [1.54, 1.807) is 6.26 Å². The highest BCUT2D eigenvalue weighted by molar-refractivity contribution is 6.01. The molecule has 1 aromatic rings. The summed E-state index contributed by atoms with van der Waals surface area (Å²) in [6, 6.07) is -0.367. The topological polar surface area (TPSA) is 71.3 Å². The minimum Gasteiger partial charge on any atom is -0.462 e. The Labute approximate surface area is 124 Å². The molecule has 2 aliphatic rings. The van der Waals surface area contributed by atoms with Gasteiger partial charge in [-0.25, -0.2) is 0 Å². The number of nitrogens with one attached hydrogen (secondary N) is 2. The van der Waals surface area contributed by atoms with Crippen molar-refractivity contribution < 1.29 is 14.0 Å². The second kappa shape index (κ2) is 6.61. The second-order valence-electron chi connectivity index (χ2n) is 5.06. The van der Waals surface area contributed by atoms with Gasteiger partial charge in [0.1, 0.15) is 17.7 Å². The molecule has 0 aromatic carbocycles. The zero-order chi connectivity index (χ0) is 15.4. The summed E-state index contributed by atoms with van der Waals surface area (Å²) in [7, 11) is 0. The molecule has 1 unspecified atom stereocenters. The van der Waals surface area contributed by atoms with Crippen LogP contribution in [0.3, 0.4) is 0 Å². The summed E-state index contributed by atoms with van der Waals surface area (Å²) < 4.78 is 5.52. The second-order valence-corrected chi connectivity index (χ2v) is 5.06.